The van der Waals surface area contributed by atoms with E-state index in [4.69, 9.17) is 42.1 Å². The molecule has 3 aliphatic rings. The van der Waals surface area contributed by atoms with Gasteiger partial charge in [0.05, 0.1) is 38.3 Å². The van der Waals surface area contributed by atoms with E-state index in [1.807, 2.05) is 12.3 Å². The zero-order valence-electron chi connectivity index (χ0n) is 42.1. The Kier molecular flexibility index (Phi) is 21.3. The van der Waals surface area contributed by atoms with Crippen molar-refractivity contribution < 1.29 is 43.2 Å². The number of ether oxygens (including phenoxy) is 4. The van der Waals surface area contributed by atoms with E-state index in [1.54, 1.807) is 33.0 Å². The number of fused-ring (bicyclic) bond motifs is 1. The van der Waals surface area contributed by atoms with Crippen LogP contribution in [0.5, 0.6) is 0 Å². The van der Waals surface area contributed by atoms with Gasteiger partial charge in [0, 0.05) is 73.8 Å². The predicted molar refractivity (Wildman–Crippen MR) is 266 cm³/mol. The summed E-state index contributed by atoms with van der Waals surface area (Å²) in [6.07, 6.45) is 11.7. The standard InChI is InChI=1S/C27H42ClNO5.C27H38ClNO4/c1-6-34-25(32)11-14-29-24(31)17-27(13-10-22(33-5)15-21(27)18-30)20-8-7-19(23(28)16-20)9-12-26(2,3)4;1-6-33-25(31)11-14-29-18-21-15-22(32-5)10-13-27(21,17-24(29)30)20-8-7-19(23(28)16-20)9-12-26(2,3)4/h7-8,16,21-22,30H,6,9-15,17-18H2,1-5H3,(H,29,31);7-8,16,18,22H,6,9-15,17H2,1-5H3/t;22?,27-/m.0/s1. The molecule has 0 spiro atoms. The van der Waals surface area contributed by atoms with Crippen molar-refractivity contribution >= 4 is 47.0 Å². The number of hydrogen-bond acceptors (Lipinski definition) is 9. The van der Waals surface area contributed by atoms with Gasteiger partial charge in [-0.3, -0.25) is 19.2 Å². The molecule has 2 saturated carbocycles. The molecule has 5 atom stereocenters. The van der Waals surface area contributed by atoms with Crippen molar-refractivity contribution in [3.8, 4) is 0 Å². The van der Waals surface area contributed by atoms with Crippen LogP contribution in [0.3, 0.4) is 0 Å². The number of esters is 2. The highest BCUT2D eigenvalue weighted by Crippen LogP contribution is 2.51. The summed E-state index contributed by atoms with van der Waals surface area (Å²) >= 11 is 13.5. The van der Waals surface area contributed by atoms with Gasteiger partial charge >= 0.3 is 11.9 Å². The topological polar surface area (TPSA) is 141 Å². The molecule has 0 radical (unpaired) electrons. The van der Waals surface area contributed by atoms with E-state index in [0.29, 0.717) is 44.0 Å². The van der Waals surface area contributed by atoms with Crippen LogP contribution in [0.2, 0.25) is 10.0 Å². The maximum Gasteiger partial charge on any atom is 0.307 e. The smallest absolute Gasteiger partial charge is 0.307 e. The Bertz CT molecular complexity index is 2010. The van der Waals surface area contributed by atoms with Gasteiger partial charge in [0.1, 0.15) is 0 Å². The summed E-state index contributed by atoms with van der Waals surface area (Å²) in [5.74, 6) is -0.863. The number of carbonyl (C=O) groups is 4. The molecule has 2 fully saturated rings. The summed E-state index contributed by atoms with van der Waals surface area (Å²) in [6.45, 7) is 18.1. The van der Waals surface area contributed by atoms with Gasteiger partial charge in [-0.25, -0.2) is 0 Å². The Morgan fingerprint density at radius 3 is 1.90 bits per heavy atom. The normalized spacial score (nSPS) is 23.1. The number of nitrogens with one attached hydrogen (secondary N) is 1. The number of aliphatic hydroxyl groups excluding tert-OH is 1. The quantitative estimate of drug-likeness (QED) is 0.132. The molecule has 5 rings (SSSR count). The third-order valence-electron chi connectivity index (χ3n) is 14.0. The van der Waals surface area contributed by atoms with Crippen LogP contribution in [-0.2, 0) is 61.8 Å². The molecule has 2 N–H and O–H groups in total. The summed E-state index contributed by atoms with van der Waals surface area (Å²) in [7, 11) is 3.43. The van der Waals surface area contributed by atoms with E-state index in [9.17, 15) is 24.3 Å². The second-order valence-electron chi connectivity index (χ2n) is 21.1. The minimum absolute atomic E-state index is 0.0341. The van der Waals surface area contributed by atoms with Crippen molar-refractivity contribution in [1.82, 2.24) is 10.2 Å². The highest BCUT2D eigenvalue weighted by atomic mass is 35.5. The third-order valence-corrected chi connectivity index (χ3v) is 14.7. The fourth-order valence-electron chi connectivity index (χ4n) is 9.85. The summed E-state index contributed by atoms with van der Waals surface area (Å²) in [4.78, 5) is 51.3. The van der Waals surface area contributed by atoms with Gasteiger partial charge in [-0.2, -0.15) is 0 Å². The summed E-state index contributed by atoms with van der Waals surface area (Å²) in [5.41, 5.74) is 5.06. The van der Waals surface area contributed by atoms with E-state index in [2.05, 4.69) is 77.2 Å². The van der Waals surface area contributed by atoms with Crippen molar-refractivity contribution in [3.63, 3.8) is 0 Å². The first-order valence-electron chi connectivity index (χ1n) is 24.4. The van der Waals surface area contributed by atoms with Crippen LogP contribution in [0.4, 0.5) is 0 Å². The zero-order chi connectivity index (χ0) is 49.6. The highest BCUT2D eigenvalue weighted by molar-refractivity contribution is 6.31. The number of methoxy groups -OCH3 is 2. The Labute approximate surface area is 411 Å². The fourth-order valence-corrected chi connectivity index (χ4v) is 10.4. The maximum atomic E-state index is 13.2. The first-order valence-corrected chi connectivity index (χ1v) is 25.2. The van der Waals surface area contributed by atoms with Gasteiger partial charge in [0.25, 0.3) is 0 Å². The lowest BCUT2D eigenvalue weighted by molar-refractivity contribution is -0.144. The molecule has 2 amide bonds. The average Bonchev–Trinajstić information content (AvgIpc) is 3.27. The van der Waals surface area contributed by atoms with Crippen LogP contribution < -0.4 is 5.32 Å². The van der Waals surface area contributed by atoms with Crippen molar-refractivity contribution in [2.45, 2.75) is 168 Å². The summed E-state index contributed by atoms with van der Waals surface area (Å²) in [6, 6.07) is 12.5. The van der Waals surface area contributed by atoms with Gasteiger partial charge < -0.3 is 34.3 Å². The number of benzene rings is 2. The van der Waals surface area contributed by atoms with Crippen molar-refractivity contribution in [2.75, 3.05) is 47.1 Å². The monoisotopic (exact) mass is 971 g/mol. The number of aliphatic hydroxyl groups is 1. The number of nitrogens with zero attached hydrogens (tertiary/aromatic N) is 1. The second kappa shape index (κ2) is 25.4. The molecule has 0 bridgehead atoms. The van der Waals surface area contributed by atoms with Crippen molar-refractivity contribution in [3.05, 3.63) is 80.5 Å². The Morgan fingerprint density at radius 1 is 0.806 bits per heavy atom. The Hall–Kier alpha value is -3.48. The van der Waals surface area contributed by atoms with E-state index < -0.39 is 5.41 Å². The number of carbonyl (C=O) groups excluding carboxylic acids is 4. The first kappa shape index (κ1) is 56.1. The predicted octanol–water partition coefficient (Wildman–Crippen LogP) is 10.6. The summed E-state index contributed by atoms with van der Waals surface area (Å²) < 4.78 is 21.2. The van der Waals surface area contributed by atoms with Crippen LogP contribution in [0.25, 0.3) is 0 Å². The molecule has 13 heteroatoms. The maximum absolute atomic E-state index is 13.2. The van der Waals surface area contributed by atoms with Crippen LogP contribution in [0.15, 0.2) is 48.2 Å². The van der Waals surface area contributed by atoms with Gasteiger partial charge in [-0.05, 0) is 135 Å². The number of rotatable bonds is 19. The molecule has 2 aliphatic carbocycles. The lowest BCUT2D eigenvalue weighted by Gasteiger charge is -2.46. The van der Waals surface area contributed by atoms with Crippen LogP contribution in [-0.4, -0.2) is 93.1 Å². The minimum Gasteiger partial charge on any atom is -0.466 e. The first-order chi connectivity index (χ1) is 31.6. The molecule has 4 unspecified atom stereocenters. The lowest BCUT2D eigenvalue weighted by Crippen LogP contribution is -2.47. The molecular weight excluding hydrogens is 892 g/mol. The van der Waals surface area contributed by atoms with E-state index >= 15 is 0 Å². The molecule has 1 aliphatic heterocycles. The van der Waals surface area contributed by atoms with Gasteiger partial charge in [-0.15, -0.1) is 0 Å². The van der Waals surface area contributed by atoms with E-state index in [-0.39, 0.29) is 90.5 Å². The zero-order valence-corrected chi connectivity index (χ0v) is 43.6. The molecule has 374 valence electrons. The van der Waals surface area contributed by atoms with Crippen LogP contribution >= 0.6 is 23.2 Å². The van der Waals surface area contributed by atoms with E-state index in [1.165, 1.54) is 5.57 Å². The Balaban J connectivity index is 0.000000293. The largest absolute Gasteiger partial charge is 0.466 e. The highest BCUT2D eigenvalue weighted by Gasteiger charge is 2.48. The van der Waals surface area contributed by atoms with Gasteiger partial charge in [-0.1, -0.05) is 89.0 Å². The Morgan fingerprint density at radius 2 is 1.36 bits per heavy atom. The average molecular weight is 972 g/mol. The molecular formula is C54H80Cl2N2O9. The minimum atomic E-state index is -0.552. The number of aryl methyl sites for hydroxylation is 2. The fraction of sp³-hybridized carbons (Fsp3) is 0.667. The van der Waals surface area contributed by atoms with Gasteiger partial charge in [0.2, 0.25) is 11.8 Å². The van der Waals surface area contributed by atoms with Crippen LogP contribution in [0, 0.1) is 16.7 Å². The molecule has 2 aromatic carbocycles. The van der Waals surface area contributed by atoms with Crippen LogP contribution in [0.1, 0.15) is 155 Å². The van der Waals surface area contributed by atoms with Gasteiger partial charge in [0.15, 0.2) is 0 Å². The second-order valence-corrected chi connectivity index (χ2v) is 22.0. The number of halogens is 2. The van der Waals surface area contributed by atoms with Crippen molar-refractivity contribution in [2.24, 2.45) is 16.7 Å². The number of amides is 2. The van der Waals surface area contributed by atoms with Crippen molar-refractivity contribution in [1.29, 1.82) is 0 Å². The number of hydrogen-bond donors (Lipinski definition) is 2. The summed E-state index contributed by atoms with van der Waals surface area (Å²) in [5, 5.41) is 14.7. The van der Waals surface area contributed by atoms with E-state index in [0.717, 1.165) is 78.6 Å². The lowest BCUT2D eigenvalue weighted by atomic mass is 9.60. The molecule has 1 heterocycles. The molecule has 0 aromatic heterocycles. The molecule has 67 heavy (non-hydrogen) atoms. The molecule has 11 nitrogen and oxygen atoms in total. The SMILES string of the molecule is CCOC(=O)CCN1C=C2CC(OC)CC[C@@]2(c2ccc(CCC(C)(C)C)c(Cl)c2)CC1=O.CCOC(=O)CCNC(=O)CC1(c2ccc(CCC(C)(C)C)c(Cl)c2)CCC(OC)CC1CO. The molecule has 2 aromatic rings. The molecule has 0 saturated heterocycles. The third kappa shape index (κ3) is 16.0.